The van der Waals surface area contributed by atoms with Crippen LogP contribution in [0.25, 0.3) is 5.57 Å². The van der Waals surface area contributed by atoms with Gasteiger partial charge in [-0.1, -0.05) is 6.07 Å². The Morgan fingerprint density at radius 2 is 1.81 bits per heavy atom. The highest BCUT2D eigenvalue weighted by atomic mass is 32.2. The quantitative estimate of drug-likeness (QED) is 0.885. The molecule has 0 bridgehead atoms. The van der Waals surface area contributed by atoms with E-state index in [9.17, 15) is 12.8 Å². The lowest BCUT2D eigenvalue weighted by molar-refractivity contribution is 0.369. The van der Waals surface area contributed by atoms with Crippen LogP contribution < -0.4 is 10.5 Å². The Labute approximate surface area is 121 Å². The van der Waals surface area contributed by atoms with Crippen LogP contribution in [0.1, 0.15) is 5.56 Å². The van der Waals surface area contributed by atoms with Gasteiger partial charge < -0.3 is 10.5 Å². The van der Waals surface area contributed by atoms with Crippen molar-refractivity contribution in [3.8, 4) is 5.75 Å². The molecule has 2 aromatic carbocycles. The van der Waals surface area contributed by atoms with Crippen molar-refractivity contribution in [1.29, 1.82) is 0 Å². The molecule has 0 unspecified atom stereocenters. The lowest BCUT2D eigenvalue weighted by Gasteiger charge is -2.09. The molecule has 2 aromatic rings. The number of fused-ring (bicyclic) bond motifs is 1. The Morgan fingerprint density at radius 3 is 2.52 bits per heavy atom. The van der Waals surface area contributed by atoms with Crippen molar-refractivity contribution in [1.82, 2.24) is 0 Å². The lowest BCUT2D eigenvalue weighted by Crippen LogP contribution is -2.02. The van der Waals surface area contributed by atoms with Gasteiger partial charge in [0.05, 0.1) is 4.90 Å². The molecule has 2 N–H and O–H groups in total. The molecule has 1 aliphatic rings. The maximum Gasteiger partial charge on any atom is 0.200 e. The van der Waals surface area contributed by atoms with Crippen LogP contribution in [0.15, 0.2) is 52.8 Å². The number of halogens is 1. The molecule has 0 aromatic heterocycles. The topological polar surface area (TPSA) is 69.4 Å². The largest absolute Gasteiger partial charge is 0.489 e. The monoisotopic (exact) mass is 305 g/mol. The van der Waals surface area contributed by atoms with Crippen LogP contribution in [-0.4, -0.2) is 15.0 Å². The minimum Gasteiger partial charge on any atom is -0.489 e. The van der Waals surface area contributed by atoms with E-state index < -0.39 is 9.84 Å². The summed E-state index contributed by atoms with van der Waals surface area (Å²) in [5.41, 5.74) is 7.23. The molecule has 4 nitrogen and oxygen atoms in total. The van der Waals surface area contributed by atoms with Gasteiger partial charge in [0, 0.05) is 22.2 Å². The second kappa shape index (κ2) is 4.89. The van der Waals surface area contributed by atoms with Gasteiger partial charge >= 0.3 is 0 Å². The third-order valence-corrected chi connectivity index (χ3v) is 4.74. The van der Waals surface area contributed by atoms with E-state index in [1.54, 1.807) is 12.1 Å². The third kappa shape index (κ3) is 2.50. The standard InChI is InChI=1S/C15H12FNO3S/c16-11-4-6-12(7-5-11)20-8-10-9-21(18,19)14-3-1-2-13(17)15(10)14/h1-7,9H,8,17H2. The van der Waals surface area contributed by atoms with Gasteiger partial charge in [-0.2, -0.15) is 0 Å². The van der Waals surface area contributed by atoms with E-state index in [4.69, 9.17) is 10.5 Å². The highest BCUT2D eigenvalue weighted by Crippen LogP contribution is 2.37. The lowest BCUT2D eigenvalue weighted by atomic mass is 10.1. The number of nitrogens with two attached hydrogens (primary N) is 1. The molecule has 0 amide bonds. The summed E-state index contributed by atoms with van der Waals surface area (Å²) in [5.74, 6) is 0.0947. The molecule has 21 heavy (non-hydrogen) atoms. The average Bonchev–Trinajstić information content (AvgIpc) is 2.71. The summed E-state index contributed by atoms with van der Waals surface area (Å²) >= 11 is 0. The Morgan fingerprint density at radius 1 is 1.10 bits per heavy atom. The Hall–Kier alpha value is -2.34. The predicted octanol–water partition coefficient (Wildman–Crippen LogP) is 2.62. The molecule has 0 radical (unpaired) electrons. The Balaban J connectivity index is 1.89. The second-order valence-electron chi connectivity index (χ2n) is 4.65. The van der Waals surface area contributed by atoms with Gasteiger partial charge in [-0.25, -0.2) is 12.8 Å². The first-order valence-corrected chi connectivity index (χ1v) is 7.75. The van der Waals surface area contributed by atoms with Crippen LogP contribution in [0.2, 0.25) is 0 Å². The molecule has 0 fully saturated rings. The van der Waals surface area contributed by atoms with Gasteiger partial charge in [0.1, 0.15) is 18.2 Å². The van der Waals surface area contributed by atoms with Gasteiger partial charge in [-0.15, -0.1) is 0 Å². The summed E-state index contributed by atoms with van der Waals surface area (Å²) in [4.78, 5) is 0.195. The summed E-state index contributed by atoms with van der Waals surface area (Å²) < 4.78 is 42.4. The van der Waals surface area contributed by atoms with Crippen molar-refractivity contribution in [2.75, 3.05) is 12.3 Å². The molecule has 0 saturated heterocycles. The van der Waals surface area contributed by atoms with E-state index in [1.807, 2.05) is 0 Å². The summed E-state index contributed by atoms with van der Waals surface area (Å²) in [6, 6.07) is 10.3. The average molecular weight is 305 g/mol. The zero-order valence-corrected chi connectivity index (χ0v) is 11.7. The summed E-state index contributed by atoms with van der Waals surface area (Å²) in [6.45, 7) is 0.0477. The third-order valence-electron chi connectivity index (χ3n) is 3.19. The summed E-state index contributed by atoms with van der Waals surface area (Å²) in [7, 11) is -3.47. The van der Waals surface area contributed by atoms with Gasteiger partial charge in [0.15, 0.2) is 0 Å². The maximum absolute atomic E-state index is 12.8. The van der Waals surface area contributed by atoms with E-state index in [0.29, 0.717) is 22.6 Å². The molecule has 108 valence electrons. The zero-order chi connectivity index (χ0) is 15.0. The van der Waals surface area contributed by atoms with Crippen molar-refractivity contribution in [3.05, 3.63) is 59.3 Å². The first-order valence-electron chi connectivity index (χ1n) is 6.20. The number of rotatable bonds is 3. The van der Waals surface area contributed by atoms with Crippen molar-refractivity contribution in [2.45, 2.75) is 4.90 Å². The van der Waals surface area contributed by atoms with Crippen molar-refractivity contribution in [2.24, 2.45) is 0 Å². The van der Waals surface area contributed by atoms with Gasteiger partial charge in [0.25, 0.3) is 0 Å². The van der Waals surface area contributed by atoms with E-state index in [0.717, 1.165) is 5.41 Å². The first-order chi connectivity index (χ1) is 9.97. The Kier molecular flexibility index (Phi) is 3.17. The highest BCUT2D eigenvalue weighted by Gasteiger charge is 2.28. The number of sulfone groups is 1. The van der Waals surface area contributed by atoms with Crippen LogP contribution in [-0.2, 0) is 9.84 Å². The molecular weight excluding hydrogens is 293 g/mol. The number of ether oxygens (including phenoxy) is 1. The van der Waals surface area contributed by atoms with Crippen LogP contribution in [0, 0.1) is 5.82 Å². The van der Waals surface area contributed by atoms with Crippen molar-refractivity contribution in [3.63, 3.8) is 0 Å². The fourth-order valence-corrected chi connectivity index (χ4v) is 3.73. The molecule has 3 rings (SSSR count). The zero-order valence-electron chi connectivity index (χ0n) is 10.9. The Bertz CT molecular complexity index is 826. The smallest absolute Gasteiger partial charge is 0.200 e. The predicted molar refractivity (Wildman–Crippen MR) is 77.9 cm³/mol. The number of nitrogen functional groups attached to an aromatic ring is 1. The number of hydrogen-bond acceptors (Lipinski definition) is 4. The SMILES string of the molecule is Nc1cccc2c1C(COc1ccc(F)cc1)=CS2(=O)=O. The fourth-order valence-electron chi connectivity index (χ4n) is 2.24. The fraction of sp³-hybridized carbons (Fsp3) is 0.0667. The van der Waals surface area contributed by atoms with E-state index >= 15 is 0 Å². The van der Waals surface area contributed by atoms with Crippen LogP contribution >= 0.6 is 0 Å². The van der Waals surface area contributed by atoms with Crippen LogP contribution in [0.4, 0.5) is 10.1 Å². The van der Waals surface area contributed by atoms with Crippen molar-refractivity contribution >= 4 is 21.1 Å². The van der Waals surface area contributed by atoms with E-state index in [-0.39, 0.29) is 17.3 Å². The molecule has 0 spiro atoms. The minimum atomic E-state index is -3.47. The van der Waals surface area contributed by atoms with Gasteiger partial charge in [0.2, 0.25) is 9.84 Å². The first kappa shape index (κ1) is 13.6. The molecule has 0 atom stereocenters. The van der Waals surface area contributed by atoms with Crippen molar-refractivity contribution < 1.29 is 17.5 Å². The van der Waals surface area contributed by atoms with Gasteiger partial charge in [-0.05, 0) is 36.4 Å². The summed E-state index contributed by atoms with van der Waals surface area (Å²) in [6.07, 6.45) is 0. The van der Waals surface area contributed by atoms with Crippen LogP contribution in [0.3, 0.4) is 0 Å². The molecular formula is C15H12FNO3S. The highest BCUT2D eigenvalue weighted by molar-refractivity contribution is 7.95. The molecule has 0 saturated carbocycles. The molecule has 1 heterocycles. The molecule has 0 aliphatic carbocycles. The number of anilines is 1. The number of hydrogen-bond donors (Lipinski definition) is 1. The minimum absolute atomic E-state index is 0.0477. The second-order valence-corrected chi connectivity index (χ2v) is 6.42. The molecule has 1 aliphatic heterocycles. The summed E-state index contributed by atoms with van der Waals surface area (Å²) in [5, 5.41) is 1.16. The van der Waals surface area contributed by atoms with Crippen LogP contribution in [0.5, 0.6) is 5.75 Å². The van der Waals surface area contributed by atoms with Gasteiger partial charge in [-0.3, -0.25) is 0 Å². The molecule has 6 heteroatoms. The number of benzene rings is 2. The normalized spacial score (nSPS) is 15.4. The van der Waals surface area contributed by atoms with E-state index in [2.05, 4.69) is 0 Å². The maximum atomic E-state index is 12.8. The van der Waals surface area contributed by atoms with E-state index in [1.165, 1.54) is 30.3 Å².